The molecule has 0 aliphatic carbocycles. The van der Waals surface area contributed by atoms with Crippen molar-refractivity contribution in [3.63, 3.8) is 0 Å². The van der Waals surface area contributed by atoms with E-state index in [1.165, 1.54) is 0 Å². The van der Waals surface area contributed by atoms with Gasteiger partial charge in [0.1, 0.15) is 6.61 Å². The molecule has 3 rings (SSSR count). The average molecular weight is 288 g/mol. The van der Waals surface area contributed by atoms with Crippen molar-refractivity contribution in [3.8, 4) is 0 Å². The monoisotopic (exact) mass is 288 g/mol. The van der Waals surface area contributed by atoms with Crippen molar-refractivity contribution in [2.45, 2.75) is 18.9 Å². The number of rotatable bonds is 4. The topological polar surface area (TPSA) is 81.4 Å². The van der Waals surface area contributed by atoms with E-state index >= 15 is 0 Å². The SMILES string of the molecule is COCc1nc(C2CCN(C(=O)c3ccncc3)C2)no1. The van der Waals surface area contributed by atoms with E-state index in [0.29, 0.717) is 37.0 Å². The number of hydrogen-bond acceptors (Lipinski definition) is 6. The molecule has 0 bridgehead atoms. The summed E-state index contributed by atoms with van der Waals surface area (Å²) in [5.74, 6) is 1.24. The van der Waals surface area contributed by atoms with Crippen molar-refractivity contribution >= 4 is 5.91 Å². The van der Waals surface area contributed by atoms with Crippen LogP contribution in [0.5, 0.6) is 0 Å². The minimum absolute atomic E-state index is 0.0144. The van der Waals surface area contributed by atoms with Gasteiger partial charge in [0.2, 0.25) is 0 Å². The summed E-state index contributed by atoms with van der Waals surface area (Å²) < 4.78 is 10.1. The van der Waals surface area contributed by atoms with E-state index < -0.39 is 0 Å². The first-order valence-corrected chi connectivity index (χ1v) is 6.78. The lowest BCUT2D eigenvalue weighted by Gasteiger charge is -2.15. The second kappa shape index (κ2) is 6.01. The third kappa shape index (κ3) is 2.92. The van der Waals surface area contributed by atoms with Crippen LogP contribution >= 0.6 is 0 Å². The van der Waals surface area contributed by atoms with Crippen molar-refractivity contribution < 1.29 is 14.1 Å². The smallest absolute Gasteiger partial charge is 0.253 e. The van der Waals surface area contributed by atoms with Crippen molar-refractivity contribution in [3.05, 3.63) is 41.8 Å². The van der Waals surface area contributed by atoms with E-state index in [-0.39, 0.29) is 11.8 Å². The second-order valence-corrected chi connectivity index (χ2v) is 4.95. The predicted octanol–water partition coefficient (Wildman–Crippen LogP) is 1.24. The molecule has 0 aromatic carbocycles. The first-order valence-electron chi connectivity index (χ1n) is 6.78. The molecule has 1 atom stereocenters. The van der Waals surface area contributed by atoms with Gasteiger partial charge in [-0.05, 0) is 18.6 Å². The number of hydrogen-bond donors (Lipinski definition) is 0. The number of amides is 1. The van der Waals surface area contributed by atoms with Gasteiger partial charge in [0.05, 0.1) is 0 Å². The van der Waals surface area contributed by atoms with Gasteiger partial charge in [-0.15, -0.1) is 0 Å². The highest BCUT2D eigenvalue weighted by atomic mass is 16.5. The van der Waals surface area contributed by atoms with E-state index in [1.807, 2.05) is 4.90 Å². The number of methoxy groups -OCH3 is 1. The van der Waals surface area contributed by atoms with Crippen LogP contribution in [0.4, 0.5) is 0 Å². The number of ether oxygens (including phenoxy) is 1. The Kier molecular flexibility index (Phi) is 3.92. The van der Waals surface area contributed by atoms with Crippen molar-refractivity contribution in [1.29, 1.82) is 0 Å². The molecule has 110 valence electrons. The van der Waals surface area contributed by atoms with Gasteiger partial charge in [-0.2, -0.15) is 4.98 Å². The van der Waals surface area contributed by atoms with Gasteiger partial charge in [0.25, 0.3) is 11.8 Å². The summed E-state index contributed by atoms with van der Waals surface area (Å²) in [6.45, 7) is 1.60. The Morgan fingerprint density at radius 1 is 1.48 bits per heavy atom. The zero-order valence-electron chi connectivity index (χ0n) is 11.7. The summed E-state index contributed by atoms with van der Waals surface area (Å²) in [6.07, 6.45) is 4.08. The number of aromatic nitrogens is 3. The highest BCUT2D eigenvalue weighted by molar-refractivity contribution is 5.94. The Hall–Kier alpha value is -2.28. The lowest BCUT2D eigenvalue weighted by atomic mass is 10.1. The minimum atomic E-state index is 0.0144. The van der Waals surface area contributed by atoms with Crippen LogP contribution in [0, 0.1) is 0 Å². The van der Waals surface area contributed by atoms with Gasteiger partial charge < -0.3 is 14.2 Å². The van der Waals surface area contributed by atoms with Gasteiger partial charge in [0.15, 0.2) is 5.82 Å². The van der Waals surface area contributed by atoms with Crippen LogP contribution in [0.1, 0.15) is 34.4 Å². The number of nitrogens with zero attached hydrogens (tertiary/aromatic N) is 4. The number of carbonyl (C=O) groups is 1. The van der Waals surface area contributed by atoms with Crippen LogP contribution in [0.25, 0.3) is 0 Å². The molecule has 3 heterocycles. The van der Waals surface area contributed by atoms with Gasteiger partial charge in [-0.3, -0.25) is 9.78 Å². The van der Waals surface area contributed by atoms with Gasteiger partial charge in [-0.25, -0.2) is 0 Å². The van der Waals surface area contributed by atoms with Crippen LogP contribution in [0.2, 0.25) is 0 Å². The van der Waals surface area contributed by atoms with Crippen molar-refractivity contribution in [2.24, 2.45) is 0 Å². The van der Waals surface area contributed by atoms with Crippen molar-refractivity contribution in [1.82, 2.24) is 20.0 Å². The maximum atomic E-state index is 12.3. The molecule has 1 amide bonds. The fraction of sp³-hybridized carbons (Fsp3) is 0.429. The molecule has 2 aromatic heterocycles. The van der Waals surface area contributed by atoms with Crippen LogP contribution in [-0.4, -0.2) is 46.1 Å². The van der Waals surface area contributed by atoms with Gasteiger partial charge >= 0.3 is 0 Å². The summed E-state index contributed by atoms with van der Waals surface area (Å²) in [5.41, 5.74) is 0.652. The van der Waals surface area contributed by atoms with Crippen LogP contribution in [-0.2, 0) is 11.3 Å². The van der Waals surface area contributed by atoms with Gasteiger partial charge in [-0.1, -0.05) is 5.16 Å². The third-order valence-corrected chi connectivity index (χ3v) is 3.52. The van der Waals surface area contributed by atoms with Gasteiger partial charge in [0, 0.05) is 44.1 Å². The molecular weight excluding hydrogens is 272 g/mol. The predicted molar refractivity (Wildman–Crippen MR) is 72.5 cm³/mol. The number of pyridine rings is 1. The molecule has 0 spiro atoms. The molecule has 1 aliphatic heterocycles. The summed E-state index contributed by atoms with van der Waals surface area (Å²) >= 11 is 0. The highest BCUT2D eigenvalue weighted by Crippen LogP contribution is 2.26. The Balaban J connectivity index is 1.66. The molecule has 1 aliphatic rings. The van der Waals surface area contributed by atoms with Crippen molar-refractivity contribution in [2.75, 3.05) is 20.2 Å². The molecule has 21 heavy (non-hydrogen) atoms. The molecular formula is C14H16N4O3. The van der Waals surface area contributed by atoms with Crippen LogP contribution in [0.15, 0.2) is 29.0 Å². The standard InChI is InChI=1S/C14H16N4O3/c1-20-9-12-16-13(17-21-12)11-4-7-18(8-11)14(19)10-2-5-15-6-3-10/h2-3,5-6,11H,4,7-9H2,1H3. The highest BCUT2D eigenvalue weighted by Gasteiger charge is 2.30. The lowest BCUT2D eigenvalue weighted by Crippen LogP contribution is -2.28. The molecule has 7 nitrogen and oxygen atoms in total. The fourth-order valence-electron chi connectivity index (χ4n) is 2.45. The van der Waals surface area contributed by atoms with Crippen LogP contribution in [0.3, 0.4) is 0 Å². The quantitative estimate of drug-likeness (QED) is 0.842. The molecule has 1 fully saturated rings. The Morgan fingerprint density at radius 2 is 2.29 bits per heavy atom. The first-order chi connectivity index (χ1) is 10.3. The Bertz CT molecular complexity index is 614. The molecule has 0 saturated carbocycles. The Labute approximate surface area is 121 Å². The second-order valence-electron chi connectivity index (χ2n) is 4.95. The van der Waals surface area contributed by atoms with E-state index in [0.717, 1.165) is 6.42 Å². The van der Waals surface area contributed by atoms with E-state index in [9.17, 15) is 4.79 Å². The first kappa shape index (κ1) is 13.7. The average Bonchev–Trinajstić information content (AvgIpc) is 3.16. The molecule has 2 aromatic rings. The molecule has 1 saturated heterocycles. The minimum Gasteiger partial charge on any atom is -0.375 e. The largest absolute Gasteiger partial charge is 0.375 e. The lowest BCUT2D eigenvalue weighted by molar-refractivity contribution is 0.0790. The number of carbonyl (C=O) groups excluding carboxylic acids is 1. The number of likely N-dealkylation sites (tertiary alicyclic amines) is 1. The Morgan fingerprint density at radius 3 is 3.05 bits per heavy atom. The molecule has 0 N–H and O–H groups in total. The normalized spacial score (nSPS) is 18.1. The maximum Gasteiger partial charge on any atom is 0.253 e. The molecule has 7 heteroatoms. The van der Waals surface area contributed by atoms with E-state index in [2.05, 4.69) is 15.1 Å². The summed E-state index contributed by atoms with van der Waals surface area (Å²) in [5, 5.41) is 3.97. The summed E-state index contributed by atoms with van der Waals surface area (Å²) in [4.78, 5) is 22.4. The summed E-state index contributed by atoms with van der Waals surface area (Å²) in [7, 11) is 1.58. The van der Waals surface area contributed by atoms with E-state index in [1.54, 1.807) is 31.6 Å². The van der Waals surface area contributed by atoms with E-state index in [4.69, 9.17) is 9.26 Å². The fourth-order valence-corrected chi connectivity index (χ4v) is 2.45. The third-order valence-electron chi connectivity index (χ3n) is 3.52. The zero-order chi connectivity index (χ0) is 14.7. The maximum absolute atomic E-state index is 12.3. The van der Waals surface area contributed by atoms with Crippen LogP contribution < -0.4 is 0 Å². The molecule has 0 radical (unpaired) electrons. The molecule has 1 unspecified atom stereocenters. The zero-order valence-corrected chi connectivity index (χ0v) is 11.7. The summed E-state index contributed by atoms with van der Waals surface area (Å²) in [6, 6.07) is 3.45.